The van der Waals surface area contributed by atoms with Crippen molar-refractivity contribution in [2.24, 2.45) is 0 Å². The van der Waals surface area contributed by atoms with Crippen LogP contribution in [-0.2, 0) is 84.5 Å². The van der Waals surface area contributed by atoms with Crippen LogP contribution in [0.1, 0.15) is 0 Å². The van der Waals surface area contributed by atoms with Gasteiger partial charge in [-0.2, -0.15) is 0 Å². The molecule has 0 radical (unpaired) electrons. The largest absolute Gasteiger partial charge is 0 e. The Balaban J connectivity index is 5.19. The first kappa shape index (κ1) is 11.0. The first-order valence-electron chi connectivity index (χ1n) is 1.33. The zero-order valence-corrected chi connectivity index (χ0v) is 11.0. The summed E-state index contributed by atoms with van der Waals surface area (Å²) in [5.41, 5.74) is 0. The molecule has 0 atom stereocenters. The van der Waals surface area contributed by atoms with Gasteiger partial charge in [0.15, 0.2) is 0 Å². The highest BCUT2D eigenvalue weighted by Gasteiger charge is 1.35. The van der Waals surface area contributed by atoms with E-state index in [0.717, 1.165) is 0 Å². The predicted octanol–water partition coefficient (Wildman–Crippen LogP) is -0.0216. The second-order valence-corrected chi connectivity index (χ2v) is 12.9. The maximum absolute atomic E-state index is 4.63. The van der Waals surface area contributed by atoms with E-state index in [-0.39, 0.29) is 0 Å². The summed E-state index contributed by atoms with van der Waals surface area (Å²) >= 11 is 9.27. The Kier molecular flexibility index (Phi) is 12.2. The normalized spacial score (nSPS) is 6.67. The van der Waals surface area contributed by atoms with E-state index in [1.807, 2.05) is 0 Å². The fourth-order valence-electron chi connectivity index (χ4n) is 0.0567. The van der Waals surface area contributed by atoms with Crippen LogP contribution in [0.3, 0.4) is 0 Å². The van der Waals surface area contributed by atoms with Crippen LogP contribution >= 0.6 is 0 Å². The van der Waals surface area contributed by atoms with Crippen molar-refractivity contribution in [3.8, 4) is 0 Å². The van der Waals surface area contributed by atoms with E-state index in [2.05, 4.69) is 22.4 Å². The zero-order chi connectivity index (χ0) is 6.95. The molecule has 0 aliphatic carbocycles. The minimum atomic E-state index is 1.35. The van der Waals surface area contributed by atoms with Crippen molar-refractivity contribution < 1.29 is 0 Å². The van der Waals surface area contributed by atoms with Gasteiger partial charge in [0.2, 0.25) is 0 Å². The molecule has 0 aromatic carbocycles. The van der Waals surface area contributed by atoms with Gasteiger partial charge in [-0.25, -0.2) is 0 Å². The minimum Gasteiger partial charge on any atom is 0 e. The molecule has 0 aliphatic rings. The lowest BCUT2D eigenvalue weighted by atomic mass is 30.7. The number of hydrogen-bond acceptors (Lipinski definition) is 2. The molecular weight excluding hydrogens is 289 g/mol. The van der Waals surface area contributed by atoms with Gasteiger partial charge in [0, 0.05) is 84.5 Å². The fraction of sp³-hybridized carbons (Fsp3) is 0. The van der Waals surface area contributed by atoms with Crippen LogP contribution < -0.4 is 0 Å². The third-order valence-electron chi connectivity index (χ3n) is 0.167. The average Bonchev–Trinajstić information content (AvgIpc) is 1.89. The monoisotopic (exact) mass is 288 g/mol. The Hall–Kier alpha value is 1.98. The molecule has 0 saturated heterocycles. The molecule has 0 aromatic heterocycles. The second-order valence-electron chi connectivity index (χ2n) is 0.476. The first-order chi connectivity index (χ1) is 4.41. The molecule has 0 fully saturated rings. The quantitative estimate of drug-likeness (QED) is 0.614. The molecule has 0 spiro atoms. The Morgan fingerprint density at radius 3 is 1.22 bits per heavy atom. The Bertz CT molecular complexity index is 284. The summed E-state index contributed by atoms with van der Waals surface area (Å²) in [5, 5.41) is 0. The van der Waals surface area contributed by atoms with Gasteiger partial charge < -0.3 is 0 Å². The molecule has 0 aliphatic heterocycles. The second kappa shape index (κ2) is 9.98. The summed E-state index contributed by atoms with van der Waals surface area (Å²) in [4.78, 5) is 0. The average molecular weight is 289 g/mol. The van der Waals surface area contributed by atoms with Crippen LogP contribution in [0.15, 0.2) is 0 Å². The third-order valence-corrected chi connectivity index (χ3v) is 13.5. The summed E-state index contributed by atoms with van der Waals surface area (Å²) in [6.07, 6.45) is 0. The summed E-state index contributed by atoms with van der Waals surface area (Å²) in [5.74, 6) is 0. The molecule has 0 heterocycles. The molecule has 9 heavy (non-hydrogen) atoms. The van der Waals surface area contributed by atoms with Gasteiger partial charge in [0.25, 0.3) is 0 Å². The van der Waals surface area contributed by atoms with E-state index in [4.69, 9.17) is 0 Å². The summed E-state index contributed by atoms with van der Waals surface area (Å²) < 4.78 is 0. The molecular formula is S9. The summed E-state index contributed by atoms with van der Waals surface area (Å²) in [6.45, 7) is 0. The van der Waals surface area contributed by atoms with Gasteiger partial charge in [0.1, 0.15) is 0 Å². The predicted molar refractivity (Wildman–Crippen MR) is 66.3 cm³/mol. The Morgan fingerprint density at radius 2 is 0.889 bits per heavy atom. The highest BCUT2D eigenvalue weighted by molar-refractivity contribution is 8.72. The van der Waals surface area contributed by atoms with Crippen LogP contribution in [0.25, 0.3) is 0 Å². The van der Waals surface area contributed by atoms with Crippen LogP contribution in [0, 0.1) is 0 Å². The molecule has 0 unspecified atom stereocenters. The van der Waals surface area contributed by atoms with Crippen LogP contribution in [0.5, 0.6) is 0 Å². The van der Waals surface area contributed by atoms with E-state index in [1.54, 1.807) is 44.4 Å². The van der Waals surface area contributed by atoms with E-state index in [0.29, 0.717) is 0 Å². The number of rotatable bonds is 0. The van der Waals surface area contributed by atoms with Gasteiger partial charge in [-0.05, 0) is 0 Å². The van der Waals surface area contributed by atoms with E-state index < -0.39 is 0 Å². The van der Waals surface area contributed by atoms with Crippen LogP contribution in [0.4, 0.5) is 0 Å². The van der Waals surface area contributed by atoms with E-state index >= 15 is 0 Å². The van der Waals surface area contributed by atoms with Gasteiger partial charge in [-0.3, -0.25) is 0 Å². The van der Waals surface area contributed by atoms with E-state index in [9.17, 15) is 0 Å². The number of hydrogen-bond donors (Lipinski definition) is 0. The Morgan fingerprint density at radius 1 is 0.556 bits per heavy atom. The molecule has 0 rings (SSSR count). The van der Waals surface area contributed by atoms with Crippen molar-refractivity contribution in [2.45, 2.75) is 0 Å². The summed E-state index contributed by atoms with van der Waals surface area (Å²) in [7, 11) is 10.9. The molecule has 0 N–H and O–H groups in total. The van der Waals surface area contributed by atoms with Gasteiger partial charge in [-0.15, -0.1) is 0 Å². The Labute approximate surface area is 83.2 Å². The topological polar surface area (TPSA) is 0 Å². The molecule has 0 aromatic rings. The lowest BCUT2D eigenvalue weighted by Crippen LogP contribution is -1.35. The lowest BCUT2D eigenvalue weighted by Gasteiger charge is -1.34. The van der Waals surface area contributed by atoms with Crippen molar-refractivity contribution in [3.05, 3.63) is 0 Å². The molecule has 0 saturated carbocycles. The first-order valence-corrected chi connectivity index (χ1v) is 12.0. The van der Waals surface area contributed by atoms with Crippen LogP contribution in [-0.4, -0.2) is 0 Å². The SMILES string of the molecule is S=S=S=S=S=S=S=S=S. The van der Waals surface area contributed by atoms with Crippen LogP contribution in [0.2, 0.25) is 0 Å². The molecule has 9 heteroatoms. The maximum Gasteiger partial charge on any atom is 0 e. The maximum atomic E-state index is 4.63. The molecule has 0 amide bonds. The van der Waals surface area contributed by atoms with Gasteiger partial charge in [0.05, 0.1) is 0 Å². The van der Waals surface area contributed by atoms with E-state index in [1.165, 1.54) is 17.8 Å². The molecule has 0 bridgehead atoms. The highest BCUT2D eigenvalue weighted by atomic mass is 33.4. The van der Waals surface area contributed by atoms with Crippen molar-refractivity contribution >= 4 is 84.5 Å². The highest BCUT2D eigenvalue weighted by Crippen LogP contribution is 1.35. The fourth-order valence-corrected chi connectivity index (χ4v) is 13.8. The zero-order valence-electron chi connectivity index (χ0n) is 3.67. The third kappa shape index (κ3) is 9.98. The van der Waals surface area contributed by atoms with Crippen molar-refractivity contribution in [1.29, 1.82) is 0 Å². The minimum absolute atomic E-state index is 1.35. The van der Waals surface area contributed by atoms with Gasteiger partial charge in [-0.1, -0.05) is 0 Å². The summed E-state index contributed by atoms with van der Waals surface area (Å²) in [6, 6.07) is 0. The van der Waals surface area contributed by atoms with Gasteiger partial charge >= 0.3 is 0 Å². The molecule has 0 nitrogen and oxygen atoms in total. The van der Waals surface area contributed by atoms with Crippen molar-refractivity contribution in [3.63, 3.8) is 0 Å². The van der Waals surface area contributed by atoms with Crippen molar-refractivity contribution in [2.75, 3.05) is 0 Å². The van der Waals surface area contributed by atoms with Crippen molar-refractivity contribution in [1.82, 2.24) is 0 Å². The smallest absolute Gasteiger partial charge is 0 e. The lowest BCUT2D eigenvalue weighted by molar-refractivity contribution is 6.02. The molecule has 54 valence electrons. The standard InChI is InChI=1S/S9/c1-3-5-7-9-8-6-4-2.